The van der Waals surface area contributed by atoms with Crippen LogP contribution in [0.15, 0.2) is 6.58 Å². The fourth-order valence-electron chi connectivity index (χ4n) is 2.87. The predicted octanol–water partition coefficient (Wildman–Crippen LogP) is 3.40. The van der Waals surface area contributed by atoms with Crippen LogP contribution in [0.1, 0.15) is 69.6 Å². The van der Waals surface area contributed by atoms with Crippen LogP contribution in [-0.4, -0.2) is 45.3 Å². The van der Waals surface area contributed by atoms with Gasteiger partial charge in [-0.3, -0.25) is 0 Å². The SMILES string of the molecule is C=C(C)c1nc(C(=O)OCC)c2n1[C@H](C)CN(C(=O)OC(C)(C)C)C2. The molecular weight excluding hydrogens is 322 g/mol. The smallest absolute Gasteiger partial charge is 0.410 e. The van der Waals surface area contributed by atoms with Gasteiger partial charge in [0.15, 0.2) is 5.69 Å². The average Bonchev–Trinajstić information content (AvgIpc) is 2.86. The summed E-state index contributed by atoms with van der Waals surface area (Å²) >= 11 is 0. The molecule has 1 aromatic rings. The standard InChI is InChI=1S/C18H27N3O4/c1-8-24-16(22)14-13-10-20(17(23)25-18(5,6)7)9-12(4)21(13)15(19-14)11(2)3/h12H,2,8-10H2,1,3-7H3/t12-/m1/s1. The summed E-state index contributed by atoms with van der Waals surface area (Å²) in [4.78, 5) is 30.8. The van der Waals surface area contributed by atoms with Crippen molar-refractivity contribution in [1.82, 2.24) is 14.5 Å². The summed E-state index contributed by atoms with van der Waals surface area (Å²) in [6, 6.07) is -0.0568. The minimum Gasteiger partial charge on any atom is -0.461 e. The topological polar surface area (TPSA) is 73.7 Å². The summed E-state index contributed by atoms with van der Waals surface area (Å²) in [5, 5.41) is 0. The second-order valence-corrected chi connectivity index (χ2v) is 7.31. The van der Waals surface area contributed by atoms with Crippen molar-refractivity contribution < 1.29 is 19.1 Å². The number of hydrogen-bond acceptors (Lipinski definition) is 5. The Labute approximate surface area is 148 Å². The fraction of sp³-hybridized carbons (Fsp3) is 0.611. The summed E-state index contributed by atoms with van der Waals surface area (Å²) in [5.41, 5.74) is 1.07. The van der Waals surface area contributed by atoms with E-state index in [2.05, 4.69) is 11.6 Å². The molecule has 0 saturated heterocycles. The van der Waals surface area contributed by atoms with Crippen molar-refractivity contribution in [3.8, 4) is 0 Å². The van der Waals surface area contributed by atoms with E-state index < -0.39 is 17.7 Å². The minimum atomic E-state index is -0.579. The van der Waals surface area contributed by atoms with Crippen LogP contribution in [0.2, 0.25) is 0 Å². The summed E-state index contributed by atoms with van der Waals surface area (Å²) in [5.74, 6) is 0.159. The number of hydrogen-bond donors (Lipinski definition) is 0. The molecule has 0 fully saturated rings. The van der Waals surface area contributed by atoms with E-state index in [1.807, 2.05) is 39.2 Å². The Morgan fingerprint density at radius 2 is 2.00 bits per heavy atom. The van der Waals surface area contributed by atoms with Gasteiger partial charge in [0, 0.05) is 6.54 Å². The quantitative estimate of drug-likeness (QED) is 0.782. The van der Waals surface area contributed by atoms with E-state index in [0.29, 0.717) is 18.1 Å². The zero-order valence-corrected chi connectivity index (χ0v) is 15.9. The van der Waals surface area contributed by atoms with Crippen molar-refractivity contribution in [2.45, 2.75) is 59.7 Å². The highest BCUT2D eigenvalue weighted by molar-refractivity contribution is 5.89. The third-order valence-electron chi connectivity index (χ3n) is 3.78. The van der Waals surface area contributed by atoms with Gasteiger partial charge < -0.3 is 18.9 Å². The second-order valence-electron chi connectivity index (χ2n) is 7.31. The molecule has 1 aliphatic heterocycles. The van der Waals surface area contributed by atoms with E-state index in [9.17, 15) is 9.59 Å². The number of carbonyl (C=O) groups excluding carboxylic acids is 2. The van der Waals surface area contributed by atoms with Crippen LogP contribution < -0.4 is 0 Å². The Morgan fingerprint density at radius 3 is 2.52 bits per heavy atom. The number of amides is 1. The zero-order valence-electron chi connectivity index (χ0n) is 15.9. The second kappa shape index (κ2) is 6.90. The number of aromatic nitrogens is 2. The number of fused-ring (bicyclic) bond motifs is 1. The van der Waals surface area contributed by atoms with Gasteiger partial charge in [-0.1, -0.05) is 6.58 Å². The molecule has 1 aromatic heterocycles. The van der Waals surface area contributed by atoms with Gasteiger partial charge in [0.2, 0.25) is 0 Å². The number of nitrogens with zero attached hydrogens (tertiary/aromatic N) is 3. The van der Waals surface area contributed by atoms with Crippen LogP contribution in [0.4, 0.5) is 4.79 Å². The van der Waals surface area contributed by atoms with Crippen molar-refractivity contribution in [2.24, 2.45) is 0 Å². The highest BCUT2D eigenvalue weighted by Gasteiger charge is 2.35. The molecule has 1 aliphatic rings. The fourth-order valence-corrected chi connectivity index (χ4v) is 2.87. The molecule has 7 heteroatoms. The van der Waals surface area contributed by atoms with E-state index in [-0.39, 0.29) is 24.9 Å². The molecule has 7 nitrogen and oxygen atoms in total. The lowest BCUT2D eigenvalue weighted by atomic mass is 10.1. The number of carbonyl (C=O) groups is 2. The summed E-state index contributed by atoms with van der Waals surface area (Å²) < 4.78 is 12.6. The van der Waals surface area contributed by atoms with Crippen molar-refractivity contribution in [2.75, 3.05) is 13.2 Å². The lowest BCUT2D eigenvalue weighted by Gasteiger charge is -2.35. The summed E-state index contributed by atoms with van der Waals surface area (Å²) in [6.07, 6.45) is -0.404. The molecule has 0 aromatic carbocycles. The van der Waals surface area contributed by atoms with Gasteiger partial charge in [-0.15, -0.1) is 0 Å². The Hall–Kier alpha value is -2.31. The van der Waals surface area contributed by atoms with E-state index in [1.165, 1.54) is 0 Å². The van der Waals surface area contributed by atoms with Crippen molar-refractivity contribution in [3.63, 3.8) is 0 Å². The predicted molar refractivity (Wildman–Crippen MR) is 94.2 cm³/mol. The third kappa shape index (κ3) is 4.03. The van der Waals surface area contributed by atoms with Crippen LogP contribution in [0.5, 0.6) is 0 Å². The Kier molecular flexibility index (Phi) is 5.25. The first-order valence-electron chi connectivity index (χ1n) is 8.47. The Balaban J connectivity index is 2.42. The van der Waals surface area contributed by atoms with Crippen LogP contribution >= 0.6 is 0 Å². The Morgan fingerprint density at radius 1 is 1.36 bits per heavy atom. The molecule has 25 heavy (non-hydrogen) atoms. The highest BCUT2D eigenvalue weighted by Crippen LogP contribution is 2.30. The molecule has 0 aliphatic carbocycles. The molecule has 1 amide bonds. The van der Waals surface area contributed by atoms with E-state index in [0.717, 1.165) is 5.57 Å². The molecule has 2 rings (SSSR count). The maximum absolute atomic E-state index is 12.5. The maximum Gasteiger partial charge on any atom is 0.410 e. The Bertz CT molecular complexity index is 700. The van der Waals surface area contributed by atoms with Gasteiger partial charge in [0.1, 0.15) is 11.4 Å². The highest BCUT2D eigenvalue weighted by atomic mass is 16.6. The lowest BCUT2D eigenvalue weighted by molar-refractivity contribution is 0.0169. The summed E-state index contributed by atoms with van der Waals surface area (Å²) in [6.45, 7) is 16.0. The molecule has 0 radical (unpaired) electrons. The molecular formula is C18H27N3O4. The number of ether oxygens (including phenoxy) is 2. The molecule has 0 saturated carbocycles. The van der Waals surface area contributed by atoms with Gasteiger partial charge in [0.05, 0.1) is 24.9 Å². The molecule has 0 bridgehead atoms. The number of imidazole rings is 1. The van der Waals surface area contributed by atoms with Crippen LogP contribution in [0.3, 0.4) is 0 Å². The molecule has 0 N–H and O–H groups in total. The first-order valence-corrected chi connectivity index (χ1v) is 8.47. The first-order chi connectivity index (χ1) is 11.5. The van der Waals surface area contributed by atoms with Gasteiger partial charge in [-0.2, -0.15) is 0 Å². The number of rotatable bonds is 3. The molecule has 0 unspecified atom stereocenters. The average molecular weight is 349 g/mol. The van der Waals surface area contributed by atoms with E-state index in [1.54, 1.807) is 11.8 Å². The van der Waals surface area contributed by atoms with Crippen molar-refractivity contribution >= 4 is 17.6 Å². The van der Waals surface area contributed by atoms with Crippen LogP contribution in [0, 0.1) is 0 Å². The molecule has 1 atom stereocenters. The van der Waals surface area contributed by atoms with Gasteiger partial charge in [-0.05, 0) is 47.1 Å². The van der Waals surface area contributed by atoms with Gasteiger partial charge >= 0.3 is 12.1 Å². The van der Waals surface area contributed by atoms with Gasteiger partial charge in [-0.25, -0.2) is 14.6 Å². The summed E-state index contributed by atoms with van der Waals surface area (Å²) in [7, 11) is 0. The minimum absolute atomic E-state index is 0.0568. The zero-order chi connectivity index (χ0) is 18.9. The first kappa shape index (κ1) is 19.0. The molecule has 0 spiro atoms. The number of esters is 1. The van der Waals surface area contributed by atoms with Crippen molar-refractivity contribution in [3.05, 3.63) is 23.8 Å². The lowest BCUT2D eigenvalue weighted by Crippen LogP contribution is -2.43. The molecule has 138 valence electrons. The van der Waals surface area contributed by atoms with Crippen LogP contribution in [-0.2, 0) is 16.0 Å². The normalized spacial score (nSPS) is 17.0. The van der Waals surface area contributed by atoms with Crippen LogP contribution in [0.25, 0.3) is 5.57 Å². The largest absolute Gasteiger partial charge is 0.461 e. The van der Waals surface area contributed by atoms with E-state index >= 15 is 0 Å². The monoisotopic (exact) mass is 349 g/mol. The van der Waals surface area contributed by atoms with E-state index in [4.69, 9.17) is 9.47 Å². The van der Waals surface area contributed by atoms with Gasteiger partial charge in [0.25, 0.3) is 0 Å². The third-order valence-corrected chi connectivity index (χ3v) is 3.78. The number of allylic oxidation sites excluding steroid dienone is 1. The van der Waals surface area contributed by atoms with Crippen molar-refractivity contribution in [1.29, 1.82) is 0 Å². The maximum atomic E-state index is 12.5. The molecule has 2 heterocycles.